The van der Waals surface area contributed by atoms with Crippen LogP contribution >= 0.6 is 0 Å². The van der Waals surface area contributed by atoms with Gasteiger partial charge in [-0.3, -0.25) is 0 Å². The van der Waals surface area contributed by atoms with Gasteiger partial charge in [0, 0.05) is 18.2 Å². The third-order valence-corrected chi connectivity index (χ3v) is 2.52. The zero-order chi connectivity index (χ0) is 13.7. The van der Waals surface area contributed by atoms with Crippen LogP contribution < -0.4 is 5.32 Å². The number of carbonyl (C=O) groups is 1. The van der Waals surface area contributed by atoms with Crippen LogP contribution in [0, 0.1) is 0 Å². The van der Waals surface area contributed by atoms with E-state index < -0.39 is 5.97 Å². The molecule has 5 nitrogen and oxygen atoms in total. The Bertz CT molecular complexity index is 570. The van der Waals surface area contributed by atoms with Gasteiger partial charge in [-0.05, 0) is 6.92 Å². The highest BCUT2D eigenvalue weighted by Gasteiger charge is 2.13. The second kappa shape index (κ2) is 5.95. The molecule has 0 amide bonds. The van der Waals surface area contributed by atoms with E-state index in [0.717, 1.165) is 5.56 Å². The lowest BCUT2D eigenvalue weighted by molar-refractivity contribution is 0.0587. The van der Waals surface area contributed by atoms with Crippen molar-refractivity contribution >= 4 is 11.8 Å². The highest BCUT2D eigenvalue weighted by atomic mass is 16.5. The van der Waals surface area contributed by atoms with E-state index in [4.69, 9.17) is 0 Å². The van der Waals surface area contributed by atoms with Crippen LogP contribution in [0.5, 0.6) is 0 Å². The van der Waals surface area contributed by atoms with Crippen molar-refractivity contribution in [3.63, 3.8) is 0 Å². The largest absolute Gasteiger partial charge is 0.463 e. The quantitative estimate of drug-likeness (QED) is 0.852. The molecule has 0 unspecified atom stereocenters. The van der Waals surface area contributed by atoms with Gasteiger partial charge in [0.25, 0.3) is 0 Å². The van der Waals surface area contributed by atoms with Gasteiger partial charge in [0.05, 0.1) is 12.8 Å². The number of nitrogens with zero attached hydrogens (tertiary/aromatic N) is 2. The molecule has 1 aromatic carbocycles. The number of aromatic nitrogens is 2. The lowest BCUT2D eigenvalue weighted by Gasteiger charge is -2.08. The number of hydrogen-bond donors (Lipinski definition) is 1. The SMILES string of the molecule is CCNc1cc(-c2ccccc2)nc(C(=O)OC)n1. The van der Waals surface area contributed by atoms with Crippen molar-refractivity contribution in [2.75, 3.05) is 19.0 Å². The number of nitrogens with one attached hydrogen (secondary N) is 1. The van der Waals surface area contributed by atoms with Crippen molar-refractivity contribution in [1.29, 1.82) is 0 Å². The van der Waals surface area contributed by atoms with Gasteiger partial charge in [-0.1, -0.05) is 30.3 Å². The summed E-state index contributed by atoms with van der Waals surface area (Å²) in [7, 11) is 1.31. The van der Waals surface area contributed by atoms with Crippen molar-refractivity contribution < 1.29 is 9.53 Å². The van der Waals surface area contributed by atoms with Gasteiger partial charge < -0.3 is 10.1 Å². The Morgan fingerprint density at radius 2 is 2.00 bits per heavy atom. The van der Waals surface area contributed by atoms with Crippen LogP contribution in [0.25, 0.3) is 11.3 Å². The van der Waals surface area contributed by atoms with E-state index in [1.54, 1.807) is 0 Å². The molecule has 98 valence electrons. The minimum atomic E-state index is -0.545. The van der Waals surface area contributed by atoms with Gasteiger partial charge in [0.2, 0.25) is 5.82 Å². The highest BCUT2D eigenvalue weighted by Crippen LogP contribution is 2.19. The predicted molar refractivity (Wildman–Crippen MR) is 73.0 cm³/mol. The van der Waals surface area contributed by atoms with E-state index >= 15 is 0 Å². The summed E-state index contributed by atoms with van der Waals surface area (Å²) in [6.07, 6.45) is 0. The van der Waals surface area contributed by atoms with E-state index in [1.807, 2.05) is 43.3 Å². The maximum atomic E-state index is 11.6. The molecule has 0 atom stereocenters. The first-order chi connectivity index (χ1) is 9.24. The van der Waals surface area contributed by atoms with Crippen LogP contribution in [0.3, 0.4) is 0 Å². The first kappa shape index (κ1) is 13.0. The second-order valence-corrected chi connectivity index (χ2v) is 3.85. The summed E-state index contributed by atoms with van der Waals surface area (Å²) < 4.78 is 4.67. The number of carbonyl (C=O) groups excluding carboxylic acids is 1. The summed E-state index contributed by atoms with van der Waals surface area (Å²) >= 11 is 0. The maximum Gasteiger partial charge on any atom is 0.376 e. The monoisotopic (exact) mass is 257 g/mol. The zero-order valence-electron chi connectivity index (χ0n) is 10.9. The van der Waals surface area contributed by atoms with Crippen molar-refractivity contribution in [3.05, 3.63) is 42.2 Å². The molecule has 0 saturated heterocycles. The molecular weight excluding hydrogens is 242 g/mol. The number of rotatable bonds is 4. The van der Waals surface area contributed by atoms with E-state index in [0.29, 0.717) is 18.1 Å². The molecule has 0 radical (unpaired) electrons. The Balaban J connectivity index is 2.48. The number of methoxy groups -OCH3 is 1. The number of benzene rings is 1. The number of anilines is 1. The molecule has 2 rings (SSSR count). The molecule has 0 fully saturated rings. The summed E-state index contributed by atoms with van der Waals surface area (Å²) in [5.74, 6) is 0.119. The molecule has 5 heteroatoms. The van der Waals surface area contributed by atoms with Crippen molar-refractivity contribution in [2.24, 2.45) is 0 Å². The van der Waals surface area contributed by atoms with Gasteiger partial charge in [-0.2, -0.15) is 0 Å². The number of hydrogen-bond acceptors (Lipinski definition) is 5. The van der Waals surface area contributed by atoms with E-state index in [9.17, 15) is 4.79 Å². The molecule has 2 aromatic rings. The summed E-state index contributed by atoms with van der Waals surface area (Å²) in [5, 5.41) is 3.08. The van der Waals surface area contributed by atoms with Crippen molar-refractivity contribution in [2.45, 2.75) is 6.92 Å². The third kappa shape index (κ3) is 3.07. The lowest BCUT2D eigenvalue weighted by atomic mass is 10.1. The fraction of sp³-hybridized carbons (Fsp3) is 0.214. The van der Waals surface area contributed by atoms with Gasteiger partial charge in [-0.25, -0.2) is 14.8 Å². The minimum Gasteiger partial charge on any atom is -0.463 e. The van der Waals surface area contributed by atoms with Crippen LogP contribution in [0.2, 0.25) is 0 Å². The minimum absolute atomic E-state index is 0.0554. The molecule has 1 heterocycles. The molecule has 19 heavy (non-hydrogen) atoms. The molecule has 0 saturated carbocycles. The number of esters is 1. The smallest absolute Gasteiger partial charge is 0.376 e. The number of ether oxygens (including phenoxy) is 1. The molecular formula is C14H15N3O2. The van der Waals surface area contributed by atoms with E-state index in [-0.39, 0.29) is 5.82 Å². The molecule has 0 aliphatic heterocycles. The Morgan fingerprint density at radius 3 is 2.63 bits per heavy atom. The average Bonchev–Trinajstić information content (AvgIpc) is 2.47. The highest BCUT2D eigenvalue weighted by molar-refractivity contribution is 5.86. The van der Waals surface area contributed by atoms with Gasteiger partial charge in [0.15, 0.2) is 0 Å². The van der Waals surface area contributed by atoms with Gasteiger partial charge in [-0.15, -0.1) is 0 Å². The average molecular weight is 257 g/mol. The molecule has 1 N–H and O–H groups in total. The normalized spacial score (nSPS) is 10.0. The van der Waals surface area contributed by atoms with Crippen LogP contribution in [0.1, 0.15) is 17.5 Å². The first-order valence-corrected chi connectivity index (χ1v) is 6.01. The fourth-order valence-corrected chi connectivity index (χ4v) is 1.66. The van der Waals surface area contributed by atoms with Crippen LogP contribution in [0.15, 0.2) is 36.4 Å². The zero-order valence-corrected chi connectivity index (χ0v) is 10.9. The van der Waals surface area contributed by atoms with Gasteiger partial charge in [0.1, 0.15) is 5.82 Å². The molecule has 0 aliphatic rings. The van der Waals surface area contributed by atoms with Crippen molar-refractivity contribution in [1.82, 2.24) is 9.97 Å². The molecule has 1 aromatic heterocycles. The predicted octanol–water partition coefficient (Wildman–Crippen LogP) is 2.36. The summed E-state index contributed by atoms with van der Waals surface area (Å²) in [6.45, 7) is 2.67. The lowest BCUT2D eigenvalue weighted by Crippen LogP contribution is -2.11. The first-order valence-electron chi connectivity index (χ1n) is 6.01. The van der Waals surface area contributed by atoms with Crippen LogP contribution in [0.4, 0.5) is 5.82 Å². The Kier molecular flexibility index (Phi) is 4.07. The molecule has 0 aliphatic carbocycles. The topological polar surface area (TPSA) is 64.1 Å². The van der Waals surface area contributed by atoms with E-state index in [1.165, 1.54) is 7.11 Å². The Morgan fingerprint density at radius 1 is 1.26 bits per heavy atom. The molecule has 0 spiro atoms. The Labute approximate surface area is 111 Å². The Hall–Kier alpha value is -2.43. The summed E-state index contributed by atoms with van der Waals surface area (Å²) in [5.41, 5.74) is 1.61. The van der Waals surface area contributed by atoms with E-state index in [2.05, 4.69) is 20.0 Å². The van der Waals surface area contributed by atoms with Gasteiger partial charge >= 0.3 is 5.97 Å². The van der Waals surface area contributed by atoms with Crippen LogP contribution in [-0.4, -0.2) is 29.6 Å². The standard InChI is InChI=1S/C14H15N3O2/c1-3-15-12-9-11(10-7-5-4-6-8-10)16-13(17-12)14(18)19-2/h4-9H,3H2,1-2H3,(H,15,16,17). The summed E-state index contributed by atoms with van der Waals surface area (Å²) in [6, 6.07) is 11.4. The maximum absolute atomic E-state index is 11.6. The fourth-order valence-electron chi connectivity index (χ4n) is 1.66. The molecule has 0 bridgehead atoms. The summed E-state index contributed by atoms with van der Waals surface area (Å²) in [4.78, 5) is 19.9. The van der Waals surface area contributed by atoms with Crippen molar-refractivity contribution in [3.8, 4) is 11.3 Å². The third-order valence-electron chi connectivity index (χ3n) is 2.52. The van der Waals surface area contributed by atoms with Crippen LogP contribution in [-0.2, 0) is 4.74 Å². The second-order valence-electron chi connectivity index (χ2n) is 3.85.